The molecule has 3 N–H and O–H groups in total. The second-order valence-corrected chi connectivity index (χ2v) is 12.2. The van der Waals surface area contributed by atoms with Gasteiger partial charge >= 0.3 is 5.69 Å². The van der Waals surface area contributed by atoms with Gasteiger partial charge in [-0.2, -0.15) is 0 Å². The fourth-order valence-corrected chi connectivity index (χ4v) is 5.57. The fourth-order valence-electron chi connectivity index (χ4n) is 5.14. The van der Waals surface area contributed by atoms with E-state index in [4.69, 9.17) is 26.8 Å². The van der Waals surface area contributed by atoms with E-state index in [0.29, 0.717) is 32.2 Å². The lowest BCUT2D eigenvalue weighted by Gasteiger charge is -2.28. The van der Waals surface area contributed by atoms with Gasteiger partial charge in [0.1, 0.15) is 23.0 Å². The molecular formula is C32H28BrClFN5O6. The lowest BCUT2D eigenvalue weighted by atomic mass is 10.1. The number of imidazole rings is 1. The number of carbonyl (C=O) groups is 3. The molecule has 0 spiro atoms. The molecule has 0 radical (unpaired) electrons. The SMILES string of the molecule is NC(=O)COc1ccc(CNC(=O)c2c3n(c(=O)n2-c2ccc(OC4CC4)cc2)CCN(C(=O)c2ccc(Br)c(Cl)c2)C3)c(F)c1. The fraction of sp³-hybridized carbons (Fsp3) is 0.250. The van der Waals surface area contributed by atoms with Gasteiger partial charge in [-0.1, -0.05) is 17.7 Å². The Hall–Kier alpha value is -4.62. The maximum atomic E-state index is 14.9. The summed E-state index contributed by atoms with van der Waals surface area (Å²) in [5, 5.41) is 3.09. The summed E-state index contributed by atoms with van der Waals surface area (Å²) in [4.78, 5) is 53.7. The minimum atomic E-state index is -0.704. The molecule has 1 fully saturated rings. The van der Waals surface area contributed by atoms with Gasteiger partial charge in [0.15, 0.2) is 6.61 Å². The standard InChI is InChI=1S/C32H28BrClFN5O6/c33-24-10-2-18(13-25(24)34)31(43)38-11-12-39-27(16-38)29(40(32(39)44)20-3-6-21(7-4-20)46-22-8-9-22)30(42)37-15-19-1-5-23(14-26(19)35)45-17-28(36)41/h1-7,10,13-14,22H,8-9,11-12,15-17H2,(H2,36,41)(H,37,42). The Balaban J connectivity index is 1.31. The smallest absolute Gasteiger partial charge is 0.333 e. The molecule has 0 unspecified atom stereocenters. The van der Waals surface area contributed by atoms with Crippen LogP contribution in [0.4, 0.5) is 4.39 Å². The first-order chi connectivity index (χ1) is 22.1. The number of carbonyl (C=O) groups excluding carboxylic acids is 3. The zero-order chi connectivity index (χ0) is 32.5. The average molecular weight is 713 g/mol. The van der Waals surface area contributed by atoms with Crippen LogP contribution in [0.5, 0.6) is 11.5 Å². The summed E-state index contributed by atoms with van der Waals surface area (Å²) in [7, 11) is 0. The number of ether oxygens (including phenoxy) is 2. The minimum absolute atomic E-state index is 0.0222. The number of primary amides is 1. The van der Waals surface area contributed by atoms with E-state index in [9.17, 15) is 23.6 Å². The van der Waals surface area contributed by atoms with E-state index in [1.807, 2.05) is 0 Å². The monoisotopic (exact) mass is 711 g/mol. The third-order valence-electron chi connectivity index (χ3n) is 7.62. The molecule has 3 aromatic carbocycles. The maximum Gasteiger partial charge on any atom is 0.333 e. The molecule has 0 atom stereocenters. The number of benzene rings is 3. The molecule has 1 aliphatic heterocycles. The predicted molar refractivity (Wildman–Crippen MR) is 170 cm³/mol. The first-order valence-electron chi connectivity index (χ1n) is 14.4. The van der Waals surface area contributed by atoms with Gasteiger partial charge in [-0.05, 0) is 77.3 Å². The zero-order valence-electron chi connectivity index (χ0n) is 24.3. The molecule has 1 aliphatic carbocycles. The van der Waals surface area contributed by atoms with Crippen LogP contribution in [-0.4, -0.2) is 51.0 Å². The third kappa shape index (κ3) is 6.65. The first kappa shape index (κ1) is 31.4. The summed E-state index contributed by atoms with van der Waals surface area (Å²) in [6.45, 7) is -0.265. The lowest BCUT2D eigenvalue weighted by molar-refractivity contribution is -0.119. The van der Waals surface area contributed by atoms with Crippen molar-refractivity contribution in [3.63, 3.8) is 0 Å². The molecule has 1 saturated carbocycles. The average Bonchev–Trinajstić information content (AvgIpc) is 3.81. The molecule has 4 aromatic rings. The maximum absolute atomic E-state index is 14.9. The highest BCUT2D eigenvalue weighted by Crippen LogP contribution is 2.29. The molecule has 14 heteroatoms. The van der Waals surface area contributed by atoms with Crippen molar-refractivity contribution < 1.29 is 28.2 Å². The lowest BCUT2D eigenvalue weighted by Crippen LogP contribution is -2.41. The number of hydrogen-bond acceptors (Lipinski definition) is 6. The van der Waals surface area contributed by atoms with Gasteiger partial charge in [-0.15, -0.1) is 0 Å². The highest BCUT2D eigenvalue weighted by atomic mass is 79.9. The normalized spacial score (nSPS) is 14.0. The number of hydrogen-bond donors (Lipinski definition) is 2. The van der Waals surface area contributed by atoms with Gasteiger partial charge in [0.25, 0.3) is 17.7 Å². The number of nitrogens with two attached hydrogens (primary N) is 1. The van der Waals surface area contributed by atoms with Gasteiger partial charge < -0.3 is 25.4 Å². The van der Waals surface area contributed by atoms with E-state index >= 15 is 0 Å². The Morgan fingerprint density at radius 3 is 2.43 bits per heavy atom. The highest BCUT2D eigenvalue weighted by Gasteiger charge is 2.32. The highest BCUT2D eigenvalue weighted by molar-refractivity contribution is 9.10. The van der Waals surface area contributed by atoms with E-state index in [2.05, 4.69) is 21.2 Å². The van der Waals surface area contributed by atoms with Crippen LogP contribution in [0.25, 0.3) is 5.69 Å². The van der Waals surface area contributed by atoms with Crippen LogP contribution in [0.3, 0.4) is 0 Å². The molecule has 1 aromatic heterocycles. The second kappa shape index (κ2) is 13.0. The quantitative estimate of drug-likeness (QED) is 0.253. The van der Waals surface area contributed by atoms with E-state index < -0.39 is 29.9 Å². The number of nitrogens with one attached hydrogen (secondary N) is 1. The predicted octanol–water partition coefficient (Wildman–Crippen LogP) is 4.19. The molecule has 238 valence electrons. The Bertz CT molecular complexity index is 1910. The van der Waals surface area contributed by atoms with Gasteiger partial charge in [-0.25, -0.2) is 9.18 Å². The van der Waals surface area contributed by atoms with Crippen molar-refractivity contribution in [2.24, 2.45) is 5.73 Å². The Morgan fingerprint density at radius 1 is 1.02 bits per heavy atom. The van der Waals surface area contributed by atoms with E-state index in [0.717, 1.165) is 18.9 Å². The molecule has 46 heavy (non-hydrogen) atoms. The van der Waals surface area contributed by atoms with Gasteiger partial charge in [0, 0.05) is 41.3 Å². The van der Waals surface area contributed by atoms with Crippen molar-refractivity contribution in [3.8, 4) is 17.2 Å². The van der Waals surface area contributed by atoms with Crippen LogP contribution >= 0.6 is 27.5 Å². The van der Waals surface area contributed by atoms with Crippen LogP contribution in [0.1, 0.15) is 44.9 Å². The molecule has 2 aliphatic rings. The molecule has 0 bridgehead atoms. The Morgan fingerprint density at radius 2 is 1.76 bits per heavy atom. The number of fused-ring (bicyclic) bond motifs is 1. The van der Waals surface area contributed by atoms with Crippen LogP contribution < -0.4 is 26.2 Å². The van der Waals surface area contributed by atoms with Crippen molar-refractivity contribution in [1.82, 2.24) is 19.4 Å². The third-order valence-corrected chi connectivity index (χ3v) is 8.85. The first-order valence-corrected chi connectivity index (χ1v) is 15.6. The second-order valence-electron chi connectivity index (χ2n) is 10.9. The Kier molecular flexibility index (Phi) is 8.87. The van der Waals surface area contributed by atoms with Crippen molar-refractivity contribution in [2.45, 2.75) is 38.6 Å². The van der Waals surface area contributed by atoms with E-state index in [1.54, 1.807) is 47.4 Å². The van der Waals surface area contributed by atoms with Crippen molar-refractivity contribution in [3.05, 3.63) is 109 Å². The topological polar surface area (TPSA) is 138 Å². The summed E-state index contributed by atoms with van der Waals surface area (Å²) < 4.78 is 29.3. The molecule has 6 rings (SSSR count). The number of aromatic nitrogens is 2. The number of nitrogens with zero attached hydrogens (tertiary/aromatic N) is 3. The molecule has 0 saturated heterocycles. The zero-order valence-corrected chi connectivity index (χ0v) is 26.6. The van der Waals surface area contributed by atoms with Crippen LogP contribution in [0.15, 0.2) is 69.9 Å². The van der Waals surface area contributed by atoms with Crippen LogP contribution in [0.2, 0.25) is 5.02 Å². The summed E-state index contributed by atoms with van der Waals surface area (Å²) in [6.07, 6.45) is 2.16. The molecule has 11 nitrogen and oxygen atoms in total. The Labute approximate surface area is 275 Å². The van der Waals surface area contributed by atoms with Crippen molar-refractivity contribution >= 4 is 45.3 Å². The summed E-state index contributed by atoms with van der Waals surface area (Å²) in [5.74, 6) is -1.57. The number of halogens is 3. The van der Waals surface area contributed by atoms with Gasteiger partial charge in [-0.3, -0.25) is 23.5 Å². The van der Waals surface area contributed by atoms with Crippen LogP contribution in [-0.2, 0) is 24.4 Å². The summed E-state index contributed by atoms with van der Waals surface area (Å²) >= 11 is 9.56. The van der Waals surface area contributed by atoms with Gasteiger partial charge in [0.2, 0.25) is 0 Å². The largest absolute Gasteiger partial charge is 0.490 e. The summed E-state index contributed by atoms with van der Waals surface area (Å²) in [5.41, 5.74) is 5.92. The van der Waals surface area contributed by atoms with E-state index in [-0.39, 0.29) is 55.2 Å². The summed E-state index contributed by atoms with van der Waals surface area (Å²) in [6, 6.07) is 15.7. The van der Waals surface area contributed by atoms with Gasteiger partial charge in [0.05, 0.1) is 29.1 Å². The van der Waals surface area contributed by atoms with E-state index in [1.165, 1.54) is 21.3 Å². The number of rotatable bonds is 10. The molecule has 3 amide bonds. The minimum Gasteiger partial charge on any atom is -0.490 e. The number of amides is 3. The van der Waals surface area contributed by atoms with Crippen molar-refractivity contribution in [2.75, 3.05) is 13.2 Å². The van der Waals surface area contributed by atoms with Crippen molar-refractivity contribution in [1.29, 1.82) is 0 Å². The molecule has 2 heterocycles. The van der Waals surface area contributed by atoms with Crippen LogP contribution in [0, 0.1) is 5.82 Å². The molecular weight excluding hydrogens is 685 g/mol.